The number of halogens is 3. The number of nitrogens with zero attached hydrogens (tertiary/aromatic N) is 3. The molecule has 2 atom stereocenters. The highest BCUT2D eigenvalue weighted by Gasteiger charge is 2.41. The minimum atomic E-state index is -4.49. The van der Waals surface area contributed by atoms with E-state index >= 15 is 0 Å². The maximum atomic E-state index is 13.5. The van der Waals surface area contributed by atoms with Crippen LogP contribution in [-0.2, 0) is 10.9 Å². The molecule has 2 aromatic carbocycles. The summed E-state index contributed by atoms with van der Waals surface area (Å²) < 4.78 is 57.4. The van der Waals surface area contributed by atoms with E-state index in [0.29, 0.717) is 35.1 Å². The fraction of sp³-hybridized carbons (Fsp3) is 0.452. The Kier molecular flexibility index (Phi) is 7.85. The molecule has 1 saturated heterocycles. The van der Waals surface area contributed by atoms with E-state index in [2.05, 4.69) is 10.1 Å². The van der Waals surface area contributed by atoms with E-state index in [1.54, 1.807) is 25.0 Å². The summed E-state index contributed by atoms with van der Waals surface area (Å²) in [6.07, 6.45) is -2.30. The summed E-state index contributed by atoms with van der Waals surface area (Å²) in [4.78, 5) is 19.2. The summed E-state index contributed by atoms with van der Waals surface area (Å²) in [5.41, 5.74) is 3.87. The summed E-state index contributed by atoms with van der Waals surface area (Å²) in [5, 5.41) is 4.08. The molecule has 1 aromatic heterocycles. The number of aryl methyl sites for hydroxylation is 1. The molecule has 5 rings (SSSR count). The van der Waals surface area contributed by atoms with Crippen LogP contribution in [0.4, 0.5) is 18.0 Å². The van der Waals surface area contributed by atoms with Crippen LogP contribution in [0.3, 0.4) is 0 Å². The molecule has 0 N–H and O–H groups in total. The Morgan fingerprint density at radius 3 is 2.56 bits per heavy atom. The van der Waals surface area contributed by atoms with Gasteiger partial charge in [-0.25, -0.2) is 4.79 Å². The Hall–Kier alpha value is -3.82. The lowest BCUT2D eigenvalue weighted by Crippen LogP contribution is -2.34. The van der Waals surface area contributed by atoms with Gasteiger partial charge in [0.25, 0.3) is 5.89 Å². The predicted molar refractivity (Wildman–Crippen MR) is 147 cm³/mol. The number of cyclic esters (lactones) is 1. The summed E-state index contributed by atoms with van der Waals surface area (Å²) in [7, 11) is 1.62. The fourth-order valence-corrected chi connectivity index (χ4v) is 5.64. The quantitative estimate of drug-likeness (QED) is 0.286. The van der Waals surface area contributed by atoms with Gasteiger partial charge in [0.15, 0.2) is 5.82 Å². The molecule has 0 radical (unpaired) electrons. The molecule has 218 valence electrons. The number of methoxy groups -OCH3 is 1. The van der Waals surface area contributed by atoms with Crippen molar-refractivity contribution in [3.05, 3.63) is 70.0 Å². The van der Waals surface area contributed by atoms with E-state index in [0.717, 1.165) is 60.1 Å². The Morgan fingerprint density at radius 2 is 1.88 bits per heavy atom. The highest BCUT2D eigenvalue weighted by atomic mass is 19.4. The van der Waals surface area contributed by atoms with Crippen molar-refractivity contribution in [1.29, 1.82) is 0 Å². The maximum Gasteiger partial charge on any atom is 0.416 e. The number of hydrogen-bond donors (Lipinski definition) is 0. The molecule has 1 aliphatic carbocycles. The molecule has 41 heavy (non-hydrogen) atoms. The number of aromatic nitrogens is 2. The SMILES string of the molecule is COc1ccc(-c2nc(C(C)C)no2)cc1C1=C(CN2C(=O)O[C@H](c3cc(C)cc(C(F)(F)F)c3)[C@@H]2C)CCCC1. The second kappa shape index (κ2) is 11.2. The standard InChI is InChI=1S/C31H34F3N3O4/c1-17(2)28-35-29(41-36-28)20-10-11-26(39-5)25(15-20)24-9-7-6-8-21(24)16-37-19(4)27(40-30(37)38)22-12-18(3)13-23(14-22)31(32,33)34/h10-15,17,19,27H,6-9,16H2,1-5H3/t19-,27-/m0/s1. The van der Waals surface area contributed by atoms with Crippen molar-refractivity contribution in [3.63, 3.8) is 0 Å². The molecule has 2 aliphatic rings. The van der Waals surface area contributed by atoms with Crippen molar-refractivity contribution in [1.82, 2.24) is 15.0 Å². The smallest absolute Gasteiger partial charge is 0.416 e. The van der Waals surface area contributed by atoms with Crippen molar-refractivity contribution in [3.8, 4) is 17.2 Å². The Balaban J connectivity index is 1.47. The lowest BCUT2D eigenvalue weighted by Gasteiger charge is -2.27. The third kappa shape index (κ3) is 5.83. The van der Waals surface area contributed by atoms with Crippen molar-refractivity contribution in [2.45, 2.75) is 77.6 Å². The van der Waals surface area contributed by atoms with Gasteiger partial charge in [-0.2, -0.15) is 18.2 Å². The third-order valence-electron chi connectivity index (χ3n) is 7.82. The zero-order valence-electron chi connectivity index (χ0n) is 23.8. The van der Waals surface area contributed by atoms with Gasteiger partial charge in [0, 0.05) is 23.6 Å². The normalized spacial score (nSPS) is 19.7. The molecule has 0 spiro atoms. The molecule has 2 heterocycles. The third-order valence-corrected chi connectivity index (χ3v) is 7.82. The fourth-order valence-electron chi connectivity index (χ4n) is 5.64. The first-order valence-electron chi connectivity index (χ1n) is 13.9. The van der Waals surface area contributed by atoms with Crippen molar-refractivity contribution < 1.29 is 32.0 Å². The van der Waals surface area contributed by atoms with Gasteiger partial charge in [0.05, 0.1) is 18.7 Å². The van der Waals surface area contributed by atoms with E-state index in [1.165, 1.54) is 0 Å². The van der Waals surface area contributed by atoms with Gasteiger partial charge >= 0.3 is 12.3 Å². The number of carbonyl (C=O) groups excluding carboxylic acids is 1. The van der Waals surface area contributed by atoms with Crippen LogP contribution in [0.2, 0.25) is 0 Å². The van der Waals surface area contributed by atoms with E-state index in [1.807, 2.05) is 39.0 Å². The van der Waals surface area contributed by atoms with Crippen LogP contribution in [0.1, 0.15) is 86.6 Å². The lowest BCUT2D eigenvalue weighted by molar-refractivity contribution is -0.137. The summed E-state index contributed by atoms with van der Waals surface area (Å²) in [6, 6.07) is 9.11. The molecule has 0 bridgehead atoms. The van der Waals surface area contributed by atoms with E-state index in [-0.39, 0.29) is 5.92 Å². The highest BCUT2D eigenvalue weighted by molar-refractivity contribution is 5.78. The van der Waals surface area contributed by atoms with Gasteiger partial charge in [0.1, 0.15) is 11.9 Å². The number of allylic oxidation sites excluding steroid dienone is 1. The highest BCUT2D eigenvalue weighted by Crippen LogP contribution is 2.42. The van der Waals surface area contributed by atoms with Crippen molar-refractivity contribution >= 4 is 11.7 Å². The van der Waals surface area contributed by atoms with Crippen LogP contribution in [0.15, 0.2) is 46.5 Å². The number of hydrogen-bond acceptors (Lipinski definition) is 6. The van der Waals surface area contributed by atoms with Gasteiger partial charge in [0.2, 0.25) is 0 Å². The first-order chi connectivity index (χ1) is 19.5. The topological polar surface area (TPSA) is 77.7 Å². The molecule has 1 fully saturated rings. The molecule has 1 aliphatic heterocycles. The Bertz CT molecular complexity index is 1480. The molecule has 0 unspecified atom stereocenters. The molecule has 7 nitrogen and oxygen atoms in total. The van der Waals surface area contributed by atoms with Crippen LogP contribution in [0.5, 0.6) is 5.75 Å². The Morgan fingerprint density at radius 1 is 1.12 bits per heavy atom. The average Bonchev–Trinajstić information content (AvgIpc) is 3.54. The second-order valence-electron chi connectivity index (χ2n) is 11.1. The minimum Gasteiger partial charge on any atom is -0.496 e. The predicted octanol–water partition coefficient (Wildman–Crippen LogP) is 8.11. The van der Waals surface area contributed by atoms with Gasteiger partial charge in [-0.15, -0.1) is 0 Å². The molecule has 3 aromatic rings. The van der Waals surface area contributed by atoms with Crippen LogP contribution in [-0.4, -0.2) is 40.8 Å². The van der Waals surface area contributed by atoms with Crippen LogP contribution in [0, 0.1) is 6.92 Å². The summed E-state index contributed by atoms with van der Waals surface area (Å²) in [6.45, 7) is 7.73. The van der Waals surface area contributed by atoms with E-state index in [4.69, 9.17) is 14.0 Å². The van der Waals surface area contributed by atoms with Gasteiger partial charge < -0.3 is 14.0 Å². The first kappa shape index (κ1) is 28.7. The minimum absolute atomic E-state index is 0.128. The first-order valence-corrected chi connectivity index (χ1v) is 13.9. The summed E-state index contributed by atoms with van der Waals surface area (Å²) in [5.74, 6) is 1.87. The summed E-state index contributed by atoms with van der Waals surface area (Å²) >= 11 is 0. The number of carbonyl (C=O) groups is 1. The molecule has 1 amide bonds. The van der Waals surface area contributed by atoms with Crippen LogP contribution >= 0.6 is 0 Å². The molecular formula is C31H34F3N3O4. The number of benzene rings is 2. The second-order valence-corrected chi connectivity index (χ2v) is 11.1. The Labute approximate surface area is 237 Å². The van der Waals surface area contributed by atoms with Gasteiger partial charge in [-0.1, -0.05) is 30.6 Å². The van der Waals surface area contributed by atoms with Gasteiger partial charge in [-0.05, 0) is 86.6 Å². The van der Waals surface area contributed by atoms with Crippen molar-refractivity contribution in [2.75, 3.05) is 13.7 Å². The zero-order valence-corrected chi connectivity index (χ0v) is 23.8. The van der Waals surface area contributed by atoms with Gasteiger partial charge in [-0.3, -0.25) is 4.90 Å². The number of ether oxygens (including phenoxy) is 2. The van der Waals surface area contributed by atoms with E-state index in [9.17, 15) is 18.0 Å². The van der Waals surface area contributed by atoms with Crippen LogP contribution < -0.4 is 4.74 Å². The monoisotopic (exact) mass is 569 g/mol. The molecular weight excluding hydrogens is 535 g/mol. The maximum absolute atomic E-state index is 13.5. The number of alkyl halides is 3. The molecule has 10 heteroatoms. The lowest BCUT2D eigenvalue weighted by atomic mass is 9.85. The van der Waals surface area contributed by atoms with Crippen LogP contribution in [0.25, 0.3) is 17.0 Å². The number of rotatable bonds is 7. The van der Waals surface area contributed by atoms with Crippen molar-refractivity contribution in [2.24, 2.45) is 0 Å². The zero-order chi connectivity index (χ0) is 29.5. The number of amides is 1. The largest absolute Gasteiger partial charge is 0.496 e. The van der Waals surface area contributed by atoms with E-state index < -0.39 is 30.0 Å². The average molecular weight is 570 g/mol. The molecule has 0 saturated carbocycles.